The summed E-state index contributed by atoms with van der Waals surface area (Å²) < 4.78 is 10.4. The summed E-state index contributed by atoms with van der Waals surface area (Å²) in [5, 5.41) is 0. The third-order valence-corrected chi connectivity index (χ3v) is 3.00. The van der Waals surface area contributed by atoms with Gasteiger partial charge in [-0.3, -0.25) is 0 Å². The zero-order valence-corrected chi connectivity index (χ0v) is 12.0. The third-order valence-electron chi connectivity index (χ3n) is 3.00. The summed E-state index contributed by atoms with van der Waals surface area (Å²) in [7, 11) is 9.61. The number of nitrogens with zero attached hydrogens (tertiary/aromatic N) is 2. The Morgan fingerprint density at radius 1 is 1.06 bits per heavy atom. The van der Waals surface area contributed by atoms with E-state index >= 15 is 0 Å². The van der Waals surface area contributed by atoms with Crippen LogP contribution in [0, 0.1) is 0 Å². The summed E-state index contributed by atoms with van der Waals surface area (Å²) in [6.45, 7) is 2.77. The Hall–Kier alpha value is -0.200. The first-order valence-electron chi connectivity index (χ1n) is 6.15. The molecule has 0 heterocycles. The van der Waals surface area contributed by atoms with Gasteiger partial charge < -0.3 is 25.0 Å². The molecule has 0 spiro atoms. The zero-order chi connectivity index (χ0) is 13.3. The molecule has 1 atom stereocenters. The highest BCUT2D eigenvalue weighted by Gasteiger charge is 2.18. The Kier molecular flexibility index (Phi) is 9.68. The Morgan fingerprint density at radius 2 is 1.65 bits per heavy atom. The Balaban J connectivity index is 3.97. The fraction of sp³-hybridized carbons (Fsp3) is 1.00. The second kappa shape index (κ2) is 9.79. The molecule has 0 aliphatic rings. The second-order valence-electron chi connectivity index (χ2n) is 4.66. The van der Waals surface area contributed by atoms with Crippen LogP contribution in [0.4, 0.5) is 0 Å². The first kappa shape index (κ1) is 16.8. The number of hydrogen-bond donors (Lipinski definition) is 1. The minimum atomic E-state index is -0.167. The average molecular weight is 247 g/mol. The van der Waals surface area contributed by atoms with E-state index in [0.717, 1.165) is 25.9 Å². The quantitative estimate of drug-likeness (QED) is 0.559. The van der Waals surface area contributed by atoms with Gasteiger partial charge in [0.15, 0.2) is 6.29 Å². The summed E-state index contributed by atoms with van der Waals surface area (Å²) in [6.07, 6.45) is 1.78. The molecular weight excluding hydrogens is 218 g/mol. The van der Waals surface area contributed by atoms with E-state index in [0.29, 0.717) is 12.6 Å². The van der Waals surface area contributed by atoms with E-state index in [-0.39, 0.29) is 6.29 Å². The number of rotatable bonds is 10. The van der Waals surface area contributed by atoms with Crippen LogP contribution in [0.3, 0.4) is 0 Å². The van der Waals surface area contributed by atoms with Gasteiger partial charge in [0.05, 0.1) is 0 Å². The van der Waals surface area contributed by atoms with Crippen molar-refractivity contribution in [2.24, 2.45) is 5.73 Å². The van der Waals surface area contributed by atoms with Crippen molar-refractivity contribution in [1.29, 1.82) is 0 Å². The molecular formula is C12H29N3O2. The van der Waals surface area contributed by atoms with Crippen molar-refractivity contribution in [2.75, 3.05) is 55.0 Å². The van der Waals surface area contributed by atoms with E-state index in [9.17, 15) is 0 Å². The number of hydrogen-bond acceptors (Lipinski definition) is 5. The molecule has 1 unspecified atom stereocenters. The summed E-state index contributed by atoms with van der Waals surface area (Å²) in [6, 6.07) is 0.307. The maximum Gasteiger partial charge on any atom is 0.158 e. The second-order valence-corrected chi connectivity index (χ2v) is 4.66. The standard InChI is InChI=1S/C12H29N3O2/c1-14(2)7-6-8-15(3)11(10-13)9-12(16-4)17-5/h11-12H,6-10,13H2,1-5H3. The highest BCUT2D eigenvalue weighted by molar-refractivity contribution is 4.71. The van der Waals surface area contributed by atoms with Crippen molar-refractivity contribution < 1.29 is 9.47 Å². The fourth-order valence-corrected chi connectivity index (χ4v) is 1.79. The number of likely N-dealkylation sites (N-methyl/N-ethyl adjacent to an activating group) is 1. The molecule has 0 fully saturated rings. The Labute approximate surface area is 106 Å². The lowest BCUT2D eigenvalue weighted by atomic mass is 10.1. The highest BCUT2D eigenvalue weighted by Crippen LogP contribution is 2.08. The molecule has 17 heavy (non-hydrogen) atoms. The zero-order valence-electron chi connectivity index (χ0n) is 12.0. The van der Waals surface area contributed by atoms with E-state index in [1.807, 2.05) is 0 Å². The van der Waals surface area contributed by atoms with Crippen molar-refractivity contribution in [1.82, 2.24) is 9.80 Å². The van der Waals surface area contributed by atoms with Crippen LogP contribution >= 0.6 is 0 Å². The van der Waals surface area contributed by atoms with Crippen LogP contribution in [0.15, 0.2) is 0 Å². The third kappa shape index (κ3) is 7.68. The smallest absolute Gasteiger partial charge is 0.158 e. The molecule has 0 rings (SSSR count). The van der Waals surface area contributed by atoms with Gasteiger partial charge in [0.25, 0.3) is 0 Å². The minimum Gasteiger partial charge on any atom is -0.356 e. The molecule has 2 N–H and O–H groups in total. The van der Waals surface area contributed by atoms with Gasteiger partial charge in [-0.15, -0.1) is 0 Å². The van der Waals surface area contributed by atoms with Gasteiger partial charge in [-0.1, -0.05) is 0 Å². The summed E-state index contributed by atoms with van der Waals surface area (Å²) >= 11 is 0. The van der Waals surface area contributed by atoms with Crippen LogP contribution in [0.1, 0.15) is 12.8 Å². The molecule has 0 amide bonds. The highest BCUT2D eigenvalue weighted by atomic mass is 16.7. The molecule has 104 valence electrons. The maximum absolute atomic E-state index is 5.80. The van der Waals surface area contributed by atoms with Gasteiger partial charge in [-0.05, 0) is 40.7 Å². The predicted octanol–water partition coefficient (Wildman–Crippen LogP) is 0.206. The lowest BCUT2D eigenvalue weighted by Crippen LogP contribution is -2.42. The largest absolute Gasteiger partial charge is 0.356 e. The SMILES string of the molecule is COC(CC(CN)N(C)CCCN(C)C)OC. The Morgan fingerprint density at radius 3 is 2.06 bits per heavy atom. The van der Waals surface area contributed by atoms with Crippen molar-refractivity contribution in [3.8, 4) is 0 Å². The van der Waals surface area contributed by atoms with Crippen molar-refractivity contribution in [2.45, 2.75) is 25.2 Å². The minimum absolute atomic E-state index is 0.167. The number of nitrogens with two attached hydrogens (primary N) is 1. The van der Waals surface area contributed by atoms with Crippen molar-refractivity contribution in [3.63, 3.8) is 0 Å². The van der Waals surface area contributed by atoms with Gasteiger partial charge in [0.2, 0.25) is 0 Å². The lowest BCUT2D eigenvalue weighted by Gasteiger charge is -2.29. The van der Waals surface area contributed by atoms with Crippen LogP contribution in [0.5, 0.6) is 0 Å². The van der Waals surface area contributed by atoms with Gasteiger partial charge in [0, 0.05) is 33.2 Å². The van der Waals surface area contributed by atoms with Crippen molar-refractivity contribution in [3.05, 3.63) is 0 Å². The van der Waals surface area contributed by atoms with Gasteiger partial charge >= 0.3 is 0 Å². The molecule has 0 aromatic heterocycles. The molecule has 0 aromatic carbocycles. The van der Waals surface area contributed by atoms with Crippen LogP contribution in [0.25, 0.3) is 0 Å². The molecule has 0 aliphatic carbocycles. The normalized spacial score (nSPS) is 13.9. The van der Waals surface area contributed by atoms with Crippen molar-refractivity contribution >= 4 is 0 Å². The Bertz CT molecular complexity index is 175. The summed E-state index contributed by atoms with van der Waals surface area (Å²) in [5.41, 5.74) is 5.80. The molecule has 0 aromatic rings. The fourth-order valence-electron chi connectivity index (χ4n) is 1.79. The lowest BCUT2D eigenvalue weighted by molar-refractivity contribution is -0.115. The van der Waals surface area contributed by atoms with E-state index in [1.54, 1.807) is 14.2 Å². The molecule has 0 saturated carbocycles. The topological polar surface area (TPSA) is 51.0 Å². The van der Waals surface area contributed by atoms with E-state index in [1.165, 1.54) is 0 Å². The molecule has 0 bridgehead atoms. The van der Waals surface area contributed by atoms with Crippen LogP contribution in [-0.2, 0) is 9.47 Å². The van der Waals surface area contributed by atoms with Crippen LogP contribution in [0.2, 0.25) is 0 Å². The number of methoxy groups -OCH3 is 2. The van der Waals surface area contributed by atoms with Crippen LogP contribution < -0.4 is 5.73 Å². The van der Waals surface area contributed by atoms with E-state index < -0.39 is 0 Å². The molecule has 5 heteroatoms. The first-order chi connectivity index (χ1) is 8.04. The first-order valence-corrected chi connectivity index (χ1v) is 6.15. The molecule has 0 radical (unpaired) electrons. The monoisotopic (exact) mass is 247 g/mol. The van der Waals surface area contributed by atoms with Crippen LogP contribution in [-0.4, -0.2) is 77.1 Å². The summed E-state index contributed by atoms with van der Waals surface area (Å²) in [4.78, 5) is 4.48. The van der Waals surface area contributed by atoms with E-state index in [4.69, 9.17) is 15.2 Å². The van der Waals surface area contributed by atoms with Gasteiger partial charge in [0.1, 0.15) is 0 Å². The van der Waals surface area contributed by atoms with E-state index in [2.05, 4.69) is 30.9 Å². The predicted molar refractivity (Wildman–Crippen MR) is 71.1 cm³/mol. The van der Waals surface area contributed by atoms with Gasteiger partial charge in [-0.25, -0.2) is 0 Å². The number of ether oxygens (including phenoxy) is 2. The maximum atomic E-state index is 5.80. The van der Waals surface area contributed by atoms with Gasteiger partial charge in [-0.2, -0.15) is 0 Å². The average Bonchev–Trinajstić information content (AvgIpc) is 2.30. The molecule has 5 nitrogen and oxygen atoms in total. The molecule has 0 saturated heterocycles. The summed E-state index contributed by atoms with van der Waals surface area (Å²) in [5.74, 6) is 0. The molecule has 0 aliphatic heterocycles.